The highest BCUT2D eigenvalue weighted by molar-refractivity contribution is 7.89. The first-order chi connectivity index (χ1) is 13.8. The van der Waals surface area contributed by atoms with Gasteiger partial charge in [0.2, 0.25) is 10.0 Å². The topological polar surface area (TPSA) is 93.2 Å². The third-order valence-corrected chi connectivity index (χ3v) is 5.86. The van der Waals surface area contributed by atoms with Gasteiger partial charge in [-0.25, -0.2) is 13.6 Å². The van der Waals surface area contributed by atoms with Crippen LogP contribution in [0.4, 0.5) is 0 Å². The molecule has 2 N–H and O–H groups in total. The first kappa shape index (κ1) is 20.9. The smallest absolute Gasteiger partial charge is 0.239 e. The summed E-state index contributed by atoms with van der Waals surface area (Å²) in [6.45, 7) is 2.24. The van der Waals surface area contributed by atoms with Gasteiger partial charge >= 0.3 is 0 Å². The highest BCUT2D eigenvalue weighted by Crippen LogP contribution is 2.40. The van der Waals surface area contributed by atoms with Gasteiger partial charge in [0.1, 0.15) is 15.7 Å². The zero-order valence-electron chi connectivity index (χ0n) is 15.7. The van der Waals surface area contributed by atoms with Crippen molar-refractivity contribution in [2.75, 3.05) is 6.61 Å². The summed E-state index contributed by atoms with van der Waals surface area (Å²) in [5, 5.41) is 14.1. The van der Waals surface area contributed by atoms with Gasteiger partial charge < -0.3 is 4.74 Å². The highest BCUT2D eigenvalue weighted by Gasteiger charge is 2.21. The van der Waals surface area contributed by atoms with E-state index in [-0.39, 0.29) is 22.3 Å². The molecular formula is C22H19ClN2O3S. The molecule has 0 fully saturated rings. The van der Waals surface area contributed by atoms with Gasteiger partial charge in [0.25, 0.3) is 0 Å². The number of primary sulfonamides is 1. The van der Waals surface area contributed by atoms with Crippen LogP contribution in [0.1, 0.15) is 16.7 Å². The van der Waals surface area contributed by atoms with Crippen molar-refractivity contribution in [1.82, 2.24) is 0 Å². The van der Waals surface area contributed by atoms with Crippen molar-refractivity contribution in [2.45, 2.75) is 18.2 Å². The number of halogens is 1. The van der Waals surface area contributed by atoms with Crippen LogP contribution in [0.15, 0.2) is 65.6 Å². The Hall–Kier alpha value is -2.85. The van der Waals surface area contributed by atoms with E-state index in [4.69, 9.17) is 26.7 Å². The molecule has 29 heavy (non-hydrogen) atoms. The molecule has 0 aromatic heterocycles. The average molecular weight is 427 g/mol. The fraction of sp³-hybridized carbons (Fsp3) is 0.136. The standard InChI is InChI=1S/C22H19ClN2O3S/c1-15-3-2-4-18(13-15)19-9-10-20(29(25,26)27)21(23)22(19)28-12-11-16-5-7-17(14-24)8-6-16/h2-10,13H,11-12H2,1H3,(H2,25,26,27). The molecule has 0 aliphatic carbocycles. The molecule has 3 aromatic rings. The lowest BCUT2D eigenvalue weighted by atomic mass is 10.0. The molecule has 0 saturated carbocycles. The Morgan fingerprint density at radius 1 is 1.10 bits per heavy atom. The van der Waals surface area contributed by atoms with Crippen LogP contribution in [0.25, 0.3) is 11.1 Å². The normalized spacial score (nSPS) is 11.1. The number of nitrogens with two attached hydrogens (primary N) is 1. The number of benzene rings is 3. The van der Waals surface area contributed by atoms with Gasteiger partial charge in [0.15, 0.2) is 0 Å². The molecule has 0 spiro atoms. The first-order valence-corrected chi connectivity index (χ1v) is 10.8. The number of nitrogens with zero attached hydrogens (tertiary/aromatic N) is 1. The maximum Gasteiger partial charge on any atom is 0.239 e. The molecule has 0 aliphatic heterocycles. The third kappa shape index (κ3) is 4.96. The van der Waals surface area contributed by atoms with E-state index in [1.54, 1.807) is 18.2 Å². The molecule has 0 radical (unpaired) electrons. The van der Waals surface area contributed by atoms with Crippen LogP contribution in [-0.2, 0) is 16.4 Å². The molecule has 0 aliphatic rings. The fourth-order valence-electron chi connectivity index (χ4n) is 2.96. The van der Waals surface area contributed by atoms with Crippen LogP contribution in [-0.4, -0.2) is 15.0 Å². The summed E-state index contributed by atoms with van der Waals surface area (Å²) in [7, 11) is -3.99. The van der Waals surface area contributed by atoms with E-state index >= 15 is 0 Å². The molecule has 0 heterocycles. The first-order valence-electron chi connectivity index (χ1n) is 8.84. The number of aryl methyl sites for hydroxylation is 1. The van der Waals surface area contributed by atoms with Crippen LogP contribution >= 0.6 is 11.6 Å². The number of hydrogen-bond acceptors (Lipinski definition) is 4. The van der Waals surface area contributed by atoms with Crippen molar-refractivity contribution in [1.29, 1.82) is 5.26 Å². The minimum atomic E-state index is -3.99. The zero-order chi connectivity index (χ0) is 21.0. The Morgan fingerprint density at radius 3 is 2.45 bits per heavy atom. The van der Waals surface area contributed by atoms with Gasteiger partial charge in [0.05, 0.1) is 18.2 Å². The second-order valence-corrected chi connectivity index (χ2v) is 8.48. The number of sulfonamides is 1. The van der Waals surface area contributed by atoms with E-state index in [0.717, 1.165) is 16.7 Å². The quantitative estimate of drug-likeness (QED) is 0.629. The van der Waals surface area contributed by atoms with Crippen molar-refractivity contribution >= 4 is 21.6 Å². The predicted molar refractivity (Wildman–Crippen MR) is 113 cm³/mol. The molecule has 5 nitrogen and oxygen atoms in total. The maximum absolute atomic E-state index is 11.9. The minimum absolute atomic E-state index is 0.0358. The molecule has 0 atom stereocenters. The van der Waals surface area contributed by atoms with Crippen LogP contribution in [0.2, 0.25) is 5.02 Å². The summed E-state index contributed by atoms with van der Waals surface area (Å²) < 4.78 is 29.7. The Kier molecular flexibility index (Phi) is 6.23. The fourth-order valence-corrected chi connectivity index (χ4v) is 4.10. The van der Waals surface area contributed by atoms with Gasteiger partial charge in [-0.1, -0.05) is 53.6 Å². The Morgan fingerprint density at radius 2 is 1.83 bits per heavy atom. The number of ether oxygens (including phenoxy) is 1. The van der Waals surface area contributed by atoms with Gasteiger partial charge in [-0.3, -0.25) is 0 Å². The molecule has 0 unspecified atom stereocenters. The Balaban J connectivity index is 1.94. The minimum Gasteiger partial charge on any atom is -0.491 e. The van der Waals surface area contributed by atoms with Crippen molar-refractivity contribution in [3.63, 3.8) is 0 Å². The lowest BCUT2D eigenvalue weighted by molar-refractivity contribution is 0.322. The van der Waals surface area contributed by atoms with E-state index in [0.29, 0.717) is 17.5 Å². The van der Waals surface area contributed by atoms with E-state index in [1.807, 2.05) is 43.3 Å². The maximum atomic E-state index is 11.9. The molecule has 3 aromatic carbocycles. The molecule has 148 valence electrons. The van der Waals surface area contributed by atoms with Gasteiger partial charge in [-0.2, -0.15) is 5.26 Å². The SMILES string of the molecule is Cc1cccc(-c2ccc(S(N)(=O)=O)c(Cl)c2OCCc2ccc(C#N)cc2)c1. The summed E-state index contributed by atoms with van der Waals surface area (Å²) >= 11 is 6.39. The van der Waals surface area contributed by atoms with E-state index in [2.05, 4.69) is 6.07 Å². The second kappa shape index (κ2) is 8.66. The number of nitriles is 1. The van der Waals surface area contributed by atoms with Crippen molar-refractivity contribution in [3.8, 4) is 22.9 Å². The lowest BCUT2D eigenvalue weighted by Gasteiger charge is -2.16. The summed E-state index contributed by atoms with van der Waals surface area (Å²) in [6, 6.07) is 20.1. The predicted octanol–water partition coefficient (Wildman–Crippen LogP) is 4.46. The largest absolute Gasteiger partial charge is 0.491 e. The van der Waals surface area contributed by atoms with Gasteiger partial charge in [-0.15, -0.1) is 0 Å². The zero-order valence-corrected chi connectivity index (χ0v) is 17.3. The highest BCUT2D eigenvalue weighted by atomic mass is 35.5. The molecule has 0 amide bonds. The summed E-state index contributed by atoms with van der Waals surface area (Å²) in [6.07, 6.45) is 0.564. The summed E-state index contributed by atoms with van der Waals surface area (Å²) in [5.41, 5.74) is 4.17. The van der Waals surface area contributed by atoms with Crippen molar-refractivity contribution < 1.29 is 13.2 Å². The third-order valence-electron chi connectivity index (χ3n) is 4.42. The molecule has 0 bridgehead atoms. The molecular weight excluding hydrogens is 408 g/mol. The molecule has 0 saturated heterocycles. The Labute approximate surface area is 175 Å². The number of hydrogen-bond donors (Lipinski definition) is 1. The van der Waals surface area contributed by atoms with Crippen LogP contribution < -0.4 is 9.88 Å². The van der Waals surface area contributed by atoms with Crippen LogP contribution in [0.5, 0.6) is 5.75 Å². The summed E-state index contributed by atoms with van der Waals surface area (Å²) in [4.78, 5) is -0.177. The monoisotopic (exact) mass is 426 g/mol. The van der Waals surface area contributed by atoms with E-state index in [9.17, 15) is 8.42 Å². The van der Waals surface area contributed by atoms with Crippen LogP contribution in [0, 0.1) is 18.3 Å². The second-order valence-electron chi connectivity index (χ2n) is 6.58. The van der Waals surface area contributed by atoms with Crippen molar-refractivity contribution in [3.05, 3.63) is 82.4 Å². The van der Waals surface area contributed by atoms with E-state index in [1.165, 1.54) is 6.07 Å². The van der Waals surface area contributed by atoms with Gasteiger partial charge in [0, 0.05) is 12.0 Å². The van der Waals surface area contributed by atoms with Crippen molar-refractivity contribution in [2.24, 2.45) is 5.14 Å². The molecule has 7 heteroatoms. The number of rotatable bonds is 6. The lowest BCUT2D eigenvalue weighted by Crippen LogP contribution is -2.14. The van der Waals surface area contributed by atoms with Gasteiger partial charge in [-0.05, 0) is 42.3 Å². The molecule has 3 rings (SSSR count). The average Bonchev–Trinajstić information content (AvgIpc) is 2.68. The summed E-state index contributed by atoms with van der Waals surface area (Å²) in [5.74, 6) is 0.275. The Bertz CT molecular complexity index is 1180. The van der Waals surface area contributed by atoms with E-state index < -0.39 is 10.0 Å². The van der Waals surface area contributed by atoms with Crippen LogP contribution in [0.3, 0.4) is 0 Å².